The number of nitrogens with zero attached hydrogens (tertiary/aromatic N) is 4. The van der Waals surface area contributed by atoms with Crippen LogP contribution in [-0.4, -0.2) is 51.2 Å². The van der Waals surface area contributed by atoms with Crippen molar-refractivity contribution in [2.24, 2.45) is 7.05 Å². The Hall–Kier alpha value is -3.51. The van der Waals surface area contributed by atoms with Crippen LogP contribution < -0.4 is 5.32 Å². The van der Waals surface area contributed by atoms with E-state index in [-0.39, 0.29) is 42.9 Å². The minimum Gasteiger partial charge on any atom is -0.342 e. The molecule has 0 bridgehead atoms. The van der Waals surface area contributed by atoms with Crippen LogP contribution in [0.25, 0.3) is 0 Å². The van der Waals surface area contributed by atoms with Crippen LogP contribution in [0.1, 0.15) is 64.3 Å². The third kappa shape index (κ3) is 3.99. The summed E-state index contributed by atoms with van der Waals surface area (Å²) in [4.78, 5) is 40.4. The molecule has 1 aromatic heterocycles. The van der Waals surface area contributed by atoms with E-state index in [1.54, 1.807) is 6.07 Å². The summed E-state index contributed by atoms with van der Waals surface area (Å²) in [6.07, 6.45) is 4.05. The number of likely N-dealkylation sites (tertiary alicyclic amines) is 1. The van der Waals surface area contributed by atoms with Crippen LogP contribution in [0.5, 0.6) is 0 Å². The number of benzene rings is 1. The summed E-state index contributed by atoms with van der Waals surface area (Å²) in [5.74, 6) is -1.47. The molecule has 0 aliphatic carbocycles. The fraction of sp³-hybridized carbons (Fsp3) is 0.440. The zero-order chi connectivity index (χ0) is 24.0. The molecule has 176 valence electrons. The molecule has 0 radical (unpaired) electrons. The first-order valence-corrected chi connectivity index (χ1v) is 11.6. The lowest BCUT2D eigenvalue weighted by Crippen LogP contribution is -2.52. The zero-order valence-corrected chi connectivity index (χ0v) is 19.0. The maximum absolute atomic E-state index is 15.1. The summed E-state index contributed by atoms with van der Waals surface area (Å²) in [6.45, 7) is 2.64. The van der Waals surface area contributed by atoms with Gasteiger partial charge in [0.15, 0.2) is 0 Å². The average Bonchev–Trinajstić information content (AvgIpc) is 3.32. The van der Waals surface area contributed by atoms with Crippen molar-refractivity contribution in [3.05, 3.63) is 58.2 Å². The van der Waals surface area contributed by atoms with Crippen LogP contribution in [-0.2, 0) is 29.7 Å². The van der Waals surface area contributed by atoms with E-state index in [4.69, 9.17) is 5.26 Å². The van der Waals surface area contributed by atoms with Crippen molar-refractivity contribution in [3.8, 4) is 6.07 Å². The first-order valence-electron chi connectivity index (χ1n) is 11.6. The molecule has 2 saturated heterocycles. The van der Waals surface area contributed by atoms with Gasteiger partial charge < -0.3 is 9.47 Å². The standard InChI is InChI=1S/C25H26FN5O3/c1-29-12-15(8-18(29)11-27)13-30-6-4-16(5-7-30)19-9-17-14-31(25(34)20(17)10-21(19)26)22-2-3-23(32)28-24(22)33/h8-10,12,16,22H,2-7,13-14H2,1H3,(H,28,32,33). The van der Waals surface area contributed by atoms with Crippen molar-refractivity contribution in [3.63, 3.8) is 0 Å². The van der Waals surface area contributed by atoms with Gasteiger partial charge in [0.25, 0.3) is 5.91 Å². The third-order valence-corrected chi connectivity index (χ3v) is 7.25. The number of amides is 3. The zero-order valence-electron chi connectivity index (χ0n) is 19.0. The first-order chi connectivity index (χ1) is 16.3. The van der Waals surface area contributed by atoms with E-state index in [1.807, 2.05) is 23.9 Å². The van der Waals surface area contributed by atoms with E-state index in [0.29, 0.717) is 16.8 Å². The van der Waals surface area contributed by atoms with E-state index >= 15 is 4.39 Å². The number of aryl methyl sites for hydroxylation is 1. The molecule has 1 aromatic carbocycles. The van der Waals surface area contributed by atoms with E-state index in [1.165, 1.54) is 11.0 Å². The summed E-state index contributed by atoms with van der Waals surface area (Å²) in [5, 5.41) is 11.4. The Labute approximate surface area is 196 Å². The quantitative estimate of drug-likeness (QED) is 0.701. The monoisotopic (exact) mass is 463 g/mol. The molecule has 3 aliphatic rings. The number of hydrogen-bond donors (Lipinski definition) is 1. The van der Waals surface area contributed by atoms with Gasteiger partial charge in [-0.2, -0.15) is 5.26 Å². The molecular weight excluding hydrogens is 437 g/mol. The Morgan fingerprint density at radius 2 is 1.91 bits per heavy atom. The highest BCUT2D eigenvalue weighted by molar-refractivity contribution is 6.05. The predicted octanol–water partition coefficient (Wildman–Crippen LogP) is 2.18. The van der Waals surface area contributed by atoms with Gasteiger partial charge in [0, 0.05) is 38.3 Å². The van der Waals surface area contributed by atoms with Crippen molar-refractivity contribution in [2.75, 3.05) is 13.1 Å². The lowest BCUT2D eigenvalue weighted by Gasteiger charge is -2.32. The highest BCUT2D eigenvalue weighted by atomic mass is 19.1. The SMILES string of the molecule is Cn1cc(CN2CCC(c3cc4c(cc3F)C(=O)N(C3CCC(=O)NC3=O)C4)CC2)cc1C#N. The second kappa shape index (κ2) is 8.69. The van der Waals surface area contributed by atoms with E-state index < -0.39 is 11.9 Å². The molecule has 3 amide bonds. The van der Waals surface area contributed by atoms with Crippen LogP contribution in [0.3, 0.4) is 0 Å². The Kier molecular flexibility index (Phi) is 5.70. The van der Waals surface area contributed by atoms with Gasteiger partial charge >= 0.3 is 0 Å². The van der Waals surface area contributed by atoms with Gasteiger partial charge in [-0.3, -0.25) is 24.6 Å². The molecule has 4 heterocycles. The average molecular weight is 464 g/mol. The minimum absolute atomic E-state index is 0.0618. The number of carbonyl (C=O) groups is 3. The molecule has 2 aromatic rings. The van der Waals surface area contributed by atoms with E-state index in [9.17, 15) is 14.4 Å². The number of nitrogens with one attached hydrogen (secondary N) is 1. The van der Waals surface area contributed by atoms with Gasteiger partial charge in [0.05, 0.1) is 0 Å². The lowest BCUT2D eigenvalue weighted by molar-refractivity contribution is -0.136. The Bertz CT molecular complexity index is 1220. The molecule has 9 heteroatoms. The summed E-state index contributed by atoms with van der Waals surface area (Å²) in [5.41, 5.74) is 3.39. The molecule has 1 atom stereocenters. The van der Waals surface area contributed by atoms with Crippen molar-refractivity contribution >= 4 is 17.7 Å². The summed E-state index contributed by atoms with van der Waals surface area (Å²) >= 11 is 0. The van der Waals surface area contributed by atoms with Gasteiger partial charge in [-0.1, -0.05) is 6.07 Å². The Balaban J connectivity index is 1.26. The number of carbonyl (C=O) groups excluding carboxylic acids is 3. The van der Waals surface area contributed by atoms with Crippen LogP contribution in [0.15, 0.2) is 24.4 Å². The number of hydrogen-bond acceptors (Lipinski definition) is 5. The van der Waals surface area contributed by atoms with Crippen molar-refractivity contribution in [2.45, 2.75) is 50.7 Å². The highest BCUT2D eigenvalue weighted by Gasteiger charge is 2.40. The number of aromatic nitrogens is 1. The van der Waals surface area contributed by atoms with E-state index in [2.05, 4.69) is 16.3 Å². The smallest absolute Gasteiger partial charge is 0.255 e. The molecule has 1 N–H and O–H groups in total. The molecule has 2 fully saturated rings. The van der Waals surface area contributed by atoms with Crippen LogP contribution >= 0.6 is 0 Å². The van der Waals surface area contributed by atoms with Crippen molar-refractivity contribution < 1.29 is 18.8 Å². The van der Waals surface area contributed by atoms with Crippen LogP contribution in [0, 0.1) is 17.1 Å². The van der Waals surface area contributed by atoms with Crippen molar-refractivity contribution in [1.29, 1.82) is 5.26 Å². The minimum atomic E-state index is -0.702. The van der Waals surface area contributed by atoms with E-state index in [0.717, 1.165) is 43.6 Å². The van der Waals surface area contributed by atoms with Gasteiger partial charge in [-0.05, 0) is 67.1 Å². The van der Waals surface area contributed by atoms with Gasteiger partial charge in [-0.15, -0.1) is 0 Å². The molecule has 0 saturated carbocycles. The van der Waals surface area contributed by atoms with Gasteiger partial charge in [0.1, 0.15) is 23.6 Å². The second-order valence-corrected chi connectivity index (χ2v) is 9.44. The summed E-state index contributed by atoms with van der Waals surface area (Å²) < 4.78 is 16.9. The number of piperidine rings is 2. The number of nitriles is 1. The number of fused-ring (bicyclic) bond motifs is 1. The largest absolute Gasteiger partial charge is 0.342 e. The van der Waals surface area contributed by atoms with Gasteiger partial charge in [-0.25, -0.2) is 4.39 Å². The Morgan fingerprint density at radius 1 is 1.15 bits per heavy atom. The van der Waals surface area contributed by atoms with Crippen LogP contribution in [0.4, 0.5) is 4.39 Å². The number of halogens is 1. The molecule has 5 rings (SSSR count). The summed E-state index contributed by atoms with van der Waals surface area (Å²) in [6, 6.07) is 6.49. The maximum Gasteiger partial charge on any atom is 0.255 e. The highest BCUT2D eigenvalue weighted by Crippen LogP contribution is 2.35. The molecule has 1 unspecified atom stereocenters. The Morgan fingerprint density at radius 3 is 2.59 bits per heavy atom. The summed E-state index contributed by atoms with van der Waals surface area (Å²) in [7, 11) is 1.86. The van der Waals surface area contributed by atoms with Crippen molar-refractivity contribution in [1.82, 2.24) is 19.7 Å². The molecular formula is C25H26FN5O3. The number of imide groups is 1. The molecule has 3 aliphatic heterocycles. The molecule has 34 heavy (non-hydrogen) atoms. The van der Waals surface area contributed by atoms with Crippen LogP contribution in [0.2, 0.25) is 0 Å². The first kappa shape index (κ1) is 22.3. The molecule has 0 spiro atoms. The lowest BCUT2D eigenvalue weighted by atomic mass is 9.87. The normalized spacial score (nSPS) is 21.5. The predicted molar refractivity (Wildman–Crippen MR) is 120 cm³/mol. The fourth-order valence-corrected chi connectivity index (χ4v) is 5.41. The molecule has 8 nitrogen and oxygen atoms in total. The topological polar surface area (TPSA) is 98.4 Å². The van der Waals surface area contributed by atoms with Gasteiger partial charge in [0.2, 0.25) is 11.8 Å². The third-order valence-electron chi connectivity index (χ3n) is 7.25. The maximum atomic E-state index is 15.1. The second-order valence-electron chi connectivity index (χ2n) is 9.44. The fourth-order valence-electron chi connectivity index (χ4n) is 5.41. The number of rotatable bonds is 4.